The fourth-order valence-corrected chi connectivity index (χ4v) is 2.78. The second-order valence-electron chi connectivity index (χ2n) is 5.04. The number of nitro groups is 1. The van der Waals surface area contributed by atoms with Crippen molar-refractivity contribution in [3.8, 4) is 0 Å². The predicted molar refractivity (Wildman–Crippen MR) is 86.4 cm³/mol. The molecule has 2 N–H and O–H groups in total. The van der Waals surface area contributed by atoms with Gasteiger partial charge < -0.3 is 9.84 Å². The van der Waals surface area contributed by atoms with Crippen molar-refractivity contribution >= 4 is 36.1 Å². The Hall–Kier alpha value is -2.27. The highest BCUT2D eigenvalue weighted by Crippen LogP contribution is 2.39. The molecular weight excluding hydrogens is 338 g/mol. The maximum absolute atomic E-state index is 12.3. The van der Waals surface area contributed by atoms with Gasteiger partial charge in [0.2, 0.25) is 6.73 Å². The molecule has 1 atom stereocenters. The summed E-state index contributed by atoms with van der Waals surface area (Å²) in [6.45, 7) is 0.813. The van der Waals surface area contributed by atoms with E-state index in [0.717, 1.165) is 0 Å². The lowest BCUT2D eigenvalue weighted by molar-refractivity contribution is -0.658. The fourth-order valence-electron chi connectivity index (χ4n) is 2.39. The Kier molecular flexibility index (Phi) is 5.34. The summed E-state index contributed by atoms with van der Waals surface area (Å²) < 4.78 is 4.40. The molecular formula is C14H16N3O6S+. The number of aliphatic hydroxyl groups excluding tert-OH is 1. The van der Waals surface area contributed by atoms with Gasteiger partial charge in [0, 0.05) is 6.07 Å². The summed E-state index contributed by atoms with van der Waals surface area (Å²) in [5.41, 5.74) is 0.0303. The number of nitrogens with one attached hydrogen (secondary N) is 1. The van der Waals surface area contributed by atoms with Crippen LogP contribution < -0.4 is 5.32 Å². The lowest BCUT2D eigenvalue weighted by Gasteiger charge is -2.33. The average molecular weight is 354 g/mol. The zero-order chi connectivity index (χ0) is 17.9. The Morgan fingerprint density at radius 2 is 2.04 bits per heavy atom. The van der Waals surface area contributed by atoms with Gasteiger partial charge in [-0.3, -0.25) is 14.9 Å². The van der Waals surface area contributed by atoms with Crippen LogP contribution in [0.3, 0.4) is 0 Å². The third-order valence-electron chi connectivity index (χ3n) is 3.49. The van der Waals surface area contributed by atoms with Gasteiger partial charge in [-0.25, -0.2) is 10.1 Å². The lowest BCUT2D eigenvalue weighted by Crippen LogP contribution is -2.56. The second-order valence-corrected chi connectivity index (χ2v) is 5.72. The van der Waals surface area contributed by atoms with Crippen molar-refractivity contribution in [2.45, 2.75) is 6.92 Å². The number of imide groups is 1. The van der Waals surface area contributed by atoms with Gasteiger partial charge in [-0.15, -0.1) is 3.89 Å². The van der Waals surface area contributed by atoms with Gasteiger partial charge in [0.25, 0.3) is 11.6 Å². The molecule has 1 aromatic rings. The average Bonchev–Trinajstić information content (AvgIpc) is 2.54. The normalized spacial score (nSPS) is 21.0. The number of carbonyl (C=O) groups is 2. The number of amides is 3. The number of quaternary nitrogens is 1. The molecule has 24 heavy (non-hydrogen) atoms. The zero-order valence-electron chi connectivity index (χ0n) is 12.8. The molecule has 9 nitrogen and oxygen atoms in total. The number of ether oxygens (including phenoxy) is 1. The van der Waals surface area contributed by atoms with Crippen LogP contribution in [0.15, 0.2) is 29.8 Å². The van der Waals surface area contributed by atoms with Crippen molar-refractivity contribution in [1.82, 2.24) is 5.32 Å². The minimum atomic E-state index is -0.803. The van der Waals surface area contributed by atoms with Crippen LogP contribution in [0.25, 0.3) is 5.70 Å². The van der Waals surface area contributed by atoms with Crippen LogP contribution in [0.1, 0.15) is 12.5 Å². The van der Waals surface area contributed by atoms with E-state index in [1.165, 1.54) is 25.1 Å². The van der Waals surface area contributed by atoms with Crippen molar-refractivity contribution in [2.24, 2.45) is 0 Å². The number of para-hydroxylation sites is 1. The fraction of sp³-hybridized carbons (Fsp3) is 0.286. The molecule has 0 saturated heterocycles. The molecule has 1 aliphatic heterocycles. The Balaban J connectivity index is 2.64. The molecule has 0 spiro atoms. The van der Waals surface area contributed by atoms with Crippen LogP contribution in [0.4, 0.5) is 10.5 Å². The molecule has 0 radical (unpaired) electrons. The number of benzene rings is 1. The third-order valence-corrected chi connectivity index (χ3v) is 3.99. The summed E-state index contributed by atoms with van der Waals surface area (Å²) >= 11 is 4.33. The first-order valence-electron chi connectivity index (χ1n) is 6.93. The predicted octanol–water partition coefficient (Wildman–Crippen LogP) is 1.20. The summed E-state index contributed by atoms with van der Waals surface area (Å²) in [7, 11) is 0. The number of rotatable bonds is 6. The highest BCUT2D eigenvalue weighted by atomic mass is 32.1. The number of nitro benzene ring substituents is 1. The lowest BCUT2D eigenvalue weighted by atomic mass is 10.0. The Morgan fingerprint density at radius 1 is 1.38 bits per heavy atom. The van der Waals surface area contributed by atoms with E-state index in [-0.39, 0.29) is 42.5 Å². The Labute approximate surface area is 142 Å². The van der Waals surface area contributed by atoms with Crippen molar-refractivity contribution in [2.75, 3.05) is 19.9 Å². The molecule has 0 bridgehead atoms. The summed E-state index contributed by atoms with van der Waals surface area (Å²) in [5, 5.41) is 22.3. The number of carbonyl (C=O) groups excluding carboxylic acids is 2. The molecule has 0 aromatic heterocycles. The number of thiol groups is 1. The van der Waals surface area contributed by atoms with Crippen LogP contribution in [0.2, 0.25) is 0 Å². The van der Waals surface area contributed by atoms with E-state index in [0.29, 0.717) is 0 Å². The smallest absolute Gasteiger partial charge is 0.394 e. The first kappa shape index (κ1) is 18.1. The van der Waals surface area contributed by atoms with Crippen molar-refractivity contribution in [3.05, 3.63) is 45.5 Å². The SMILES string of the molecule is CC1=C(c2ccccc2[N+](=O)[O-])[N+](S)(COCCO)C(=O)NC1=O. The molecule has 0 saturated carbocycles. The van der Waals surface area contributed by atoms with Crippen molar-refractivity contribution in [1.29, 1.82) is 0 Å². The van der Waals surface area contributed by atoms with Crippen LogP contribution >= 0.6 is 12.8 Å². The highest BCUT2D eigenvalue weighted by molar-refractivity contribution is 7.74. The van der Waals surface area contributed by atoms with Gasteiger partial charge in [-0.1, -0.05) is 12.1 Å². The van der Waals surface area contributed by atoms with E-state index in [2.05, 4.69) is 18.1 Å². The summed E-state index contributed by atoms with van der Waals surface area (Å²) in [6, 6.07) is 4.97. The Morgan fingerprint density at radius 3 is 2.67 bits per heavy atom. The van der Waals surface area contributed by atoms with Crippen LogP contribution in [-0.2, 0) is 9.53 Å². The largest absolute Gasteiger partial charge is 0.442 e. The van der Waals surface area contributed by atoms with E-state index in [9.17, 15) is 19.7 Å². The quantitative estimate of drug-likeness (QED) is 0.232. The molecule has 1 aromatic carbocycles. The van der Waals surface area contributed by atoms with Gasteiger partial charge in [-0.2, -0.15) is 0 Å². The molecule has 1 heterocycles. The summed E-state index contributed by atoms with van der Waals surface area (Å²) in [5.74, 6) is -0.655. The van der Waals surface area contributed by atoms with Crippen molar-refractivity contribution in [3.63, 3.8) is 0 Å². The number of urea groups is 1. The number of hydrogen-bond donors (Lipinski definition) is 3. The first-order chi connectivity index (χ1) is 11.3. The minimum Gasteiger partial charge on any atom is -0.394 e. The first-order valence-corrected chi connectivity index (χ1v) is 7.33. The van der Waals surface area contributed by atoms with Gasteiger partial charge in [-0.05, 0) is 13.0 Å². The zero-order valence-corrected chi connectivity index (χ0v) is 13.7. The number of hydrogen-bond acceptors (Lipinski definition) is 7. The van der Waals surface area contributed by atoms with E-state index in [1.54, 1.807) is 6.07 Å². The van der Waals surface area contributed by atoms with Gasteiger partial charge in [0.15, 0.2) is 5.70 Å². The number of aliphatic hydroxyl groups is 1. The van der Waals surface area contributed by atoms with E-state index in [1.807, 2.05) is 0 Å². The van der Waals surface area contributed by atoms with Gasteiger partial charge >= 0.3 is 6.03 Å². The standard InChI is InChI=1S/C14H15N3O6S/c1-9-12(10-4-2-3-5-11(10)16(21)22)17(24,8-23-7-6-18)14(20)15-13(9)19/h2-5,18,24H,6-8H2,1H3/p+1. The molecule has 10 heteroatoms. The second kappa shape index (κ2) is 7.09. The molecule has 0 aliphatic carbocycles. The van der Waals surface area contributed by atoms with Crippen LogP contribution in [-0.4, -0.2) is 45.8 Å². The number of nitrogens with zero attached hydrogens (tertiary/aromatic N) is 2. The molecule has 1 unspecified atom stereocenters. The molecule has 0 fully saturated rings. The van der Waals surface area contributed by atoms with E-state index < -0.39 is 20.7 Å². The summed E-state index contributed by atoms with van der Waals surface area (Å²) in [6.07, 6.45) is 0. The highest BCUT2D eigenvalue weighted by Gasteiger charge is 2.49. The Bertz CT molecular complexity index is 735. The molecule has 128 valence electrons. The molecule has 2 rings (SSSR count). The maximum atomic E-state index is 12.3. The van der Waals surface area contributed by atoms with Gasteiger partial charge in [0.1, 0.15) is 5.56 Å². The minimum absolute atomic E-state index is 0.0506. The van der Waals surface area contributed by atoms with Crippen LogP contribution in [0.5, 0.6) is 0 Å². The maximum Gasteiger partial charge on any atom is 0.442 e. The summed E-state index contributed by atoms with van der Waals surface area (Å²) in [4.78, 5) is 35.1. The van der Waals surface area contributed by atoms with E-state index in [4.69, 9.17) is 9.84 Å². The molecule has 3 amide bonds. The monoisotopic (exact) mass is 354 g/mol. The van der Waals surface area contributed by atoms with Crippen LogP contribution in [0, 0.1) is 10.1 Å². The van der Waals surface area contributed by atoms with E-state index >= 15 is 0 Å². The van der Waals surface area contributed by atoms with Crippen molar-refractivity contribution < 1.29 is 28.2 Å². The van der Waals surface area contributed by atoms with Gasteiger partial charge in [0.05, 0.1) is 36.5 Å². The third kappa shape index (κ3) is 3.17. The topological polar surface area (TPSA) is 119 Å². The molecule has 1 aliphatic rings.